The summed E-state index contributed by atoms with van der Waals surface area (Å²) >= 11 is 0. The lowest BCUT2D eigenvalue weighted by Gasteiger charge is -2.12. The highest BCUT2D eigenvalue weighted by Crippen LogP contribution is 2.10. The van der Waals surface area contributed by atoms with Crippen LogP contribution in [0.15, 0.2) is 47.8 Å². The number of hydrogen-bond donors (Lipinski definition) is 2. The molecule has 2 aromatic rings. The van der Waals surface area contributed by atoms with E-state index in [1.54, 1.807) is 6.20 Å². The third-order valence-electron chi connectivity index (χ3n) is 3.18. The van der Waals surface area contributed by atoms with Gasteiger partial charge in [0.1, 0.15) is 0 Å². The summed E-state index contributed by atoms with van der Waals surface area (Å²) in [7, 11) is 0. The Bertz CT molecular complexity index is 595. The molecule has 0 aliphatic rings. The van der Waals surface area contributed by atoms with E-state index in [9.17, 15) is 0 Å². The van der Waals surface area contributed by atoms with Gasteiger partial charge in [0.05, 0.1) is 13.2 Å². The third-order valence-corrected chi connectivity index (χ3v) is 3.18. The Labute approximate surface area is 137 Å². The molecule has 6 heteroatoms. The number of guanidine groups is 1. The van der Waals surface area contributed by atoms with Crippen LogP contribution >= 0.6 is 0 Å². The van der Waals surface area contributed by atoms with E-state index in [0.29, 0.717) is 19.0 Å². The molecule has 0 unspecified atom stereocenters. The average Bonchev–Trinajstić information content (AvgIpc) is 3.07. The van der Waals surface area contributed by atoms with Crippen molar-refractivity contribution in [2.24, 2.45) is 4.99 Å². The van der Waals surface area contributed by atoms with E-state index in [-0.39, 0.29) is 0 Å². The molecule has 2 heterocycles. The van der Waals surface area contributed by atoms with Crippen molar-refractivity contribution in [3.63, 3.8) is 0 Å². The molecule has 0 fully saturated rings. The van der Waals surface area contributed by atoms with E-state index in [1.807, 2.05) is 31.2 Å². The van der Waals surface area contributed by atoms with Crippen molar-refractivity contribution in [3.8, 4) is 5.88 Å². The molecule has 6 nitrogen and oxygen atoms in total. The molecule has 0 amide bonds. The second-order valence-electron chi connectivity index (χ2n) is 4.98. The number of nitrogens with one attached hydrogen (secondary N) is 2. The monoisotopic (exact) mass is 315 g/mol. The molecule has 2 aromatic heterocycles. The Balaban J connectivity index is 1.88. The summed E-state index contributed by atoms with van der Waals surface area (Å²) in [5.41, 5.74) is 1.08. The van der Waals surface area contributed by atoms with Crippen LogP contribution in [-0.4, -0.2) is 35.2 Å². The van der Waals surface area contributed by atoms with Gasteiger partial charge in [-0.2, -0.15) is 0 Å². The molecule has 2 N–H and O–H groups in total. The van der Waals surface area contributed by atoms with E-state index >= 15 is 0 Å². The molecule has 0 atom stereocenters. The maximum Gasteiger partial charge on any atom is 0.213 e. The molecule has 124 valence electrons. The molecule has 0 aromatic carbocycles. The third kappa shape index (κ3) is 6.02. The fourth-order valence-corrected chi connectivity index (χ4v) is 2.11. The van der Waals surface area contributed by atoms with Crippen molar-refractivity contribution >= 4 is 5.96 Å². The highest BCUT2D eigenvalue weighted by atomic mass is 16.5. The van der Waals surface area contributed by atoms with Crippen LogP contribution in [0.1, 0.15) is 19.4 Å². The summed E-state index contributed by atoms with van der Waals surface area (Å²) in [4.78, 5) is 8.77. The molecule has 2 rings (SSSR count). The number of aromatic nitrogens is 2. The van der Waals surface area contributed by atoms with Crippen molar-refractivity contribution < 1.29 is 4.74 Å². The zero-order valence-corrected chi connectivity index (χ0v) is 13.8. The Hall–Kier alpha value is -2.50. The van der Waals surface area contributed by atoms with Gasteiger partial charge in [-0.1, -0.05) is 0 Å². The molecule has 0 aliphatic heterocycles. The number of ether oxygens (including phenoxy) is 1. The minimum Gasteiger partial charge on any atom is -0.478 e. The van der Waals surface area contributed by atoms with Gasteiger partial charge in [0, 0.05) is 44.3 Å². The Kier molecular flexibility index (Phi) is 6.97. The van der Waals surface area contributed by atoms with Gasteiger partial charge in [-0.25, -0.2) is 9.98 Å². The molecule has 23 heavy (non-hydrogen) atoms. The fourth-order valence-electron chi connectivity index (χ4n) is 2.11. The van der Waals surface area contributed by atoms with Gasteiger partial charge in [0.2, 0.25) is 5.88 Å². The smallest absolute Gasteiger partial charge is 0.213 e. The predicted octanol–water partition coefficient (Wildman–Crippen LogP) is 2.04. The van der Waals surface area contributed by atoms with Gasteiger partial charge in [-0.05, 0) is 37.6 Å². The first-order valence-electron chi connectivity index (χ1n) is 8.02. The Morgan fingerprint density at radius 2 is 2.09 bits per heavy atom. The van der Waals surface area contributed by atoms with Crippen LogP contribution in [0.2, 0.25) is 0 Å². The van der Waals surface area contributed by atoms with E-state index in [4.69, 9.17) is 4.74 Å². The predicted molar refractivity (Wildman–Crippen MR) is 92.7 cm³/mol. The summed E-state index contributed by atoms with van der Waals surface area (Å²) in [5.74, 6) is 1.46. The summed E-state index contributed by atoms with van der Waals surface area (Å²) < 4.78 is 7.55. The quantitative estimate of drug-likeness (QED) is 0.578. The first-order chi connectivity index (χ1) is 11.3. The largest absolute Gasteiger partial charge is 0.478 e. The van der Waals surface area contributed by atoms with Gasteiger partial charge in [-0.15, -0.1) is 0 Å². The molecule has 0 spiro atoms. The zero-order valence-electron chi connectivity index (χ0n) is 13.8. The SMILES string of the molecule is CCNC(=NCc1ccnc(OCC)c1)NCCn1cccc1. The fraction of sp³-hybridized carbons (Fsp3) is 0.412. The lowest BCUT2D eigenvalue weighted by Crippen LogP contribution is -2.38. The summed E-state index contributed by atoms with van der Waals surface area (Å²) in [6, 6.07) is 7.93. The van der Waals surface area contributed by atoms with Gasteiger partial charge < -0.3 is 19.9 Å². The van der Waals surface area contributed by atoms with Crippen LogP contribution in [0.4, 0.5) is 0 Å². The van der Waals surface area contributed by atoms with E-state index in [2.05, 4.69) is 44.5 Å². The molecule has 0 bridgehead atoms. The maximum atomic E-state index is 5.41. The average molecular weight is 315 g/mol. The van der Waals surface area contributed by atoms with Crippen molar-refractivity contribution in [2.45, 2.75) is 26.9 Å². The van der Waals surface area contributed by atoms with E-state index in [1.165, 1.54) is 0 Å². The first-order valence-corrected chi connectivity index (χ1v) is 8.02. The molecule has 0 saturated carbocycles. The van der Waals surface area contributed by atoms with Crippen LogP contribution in [0.25, 0.3) is 0 Å². The molecular formula is C17H25N5O. The highest BCUT2D eigenvalue weighted by molar-refractivity contribution is 5.79. The van der Waals surface area contributed by atoms with Gasteiger partial charge in [-0.3, -0.25) is 0 Å². The maximum absolute atomic E-state index is 5.41. The topological polar surface area (TPSA) is 63.5 Å². The van der Waals surface area contributed by atoms with Crippen LogP contribution in [0, 0.1) is 0 Å². The van der Waals surface area contributed by atoms with Gasteiger partial charge >= 0.3 is 0 Å². The summed E-state index contributed by atoms with van der Waals surface area (Å²) in [6.45, 7) is 7.76. The standard InChI is InChI=1S/C17H25N5O/c1-3-18-17(20-9-12-22-10-5-6-11-22)21-14-15-7-8-19-16(13-15)23-4-2/h5-8,10-11,13H,3-4,9,12,14H2,1-2H3,(H2,18,20,21). The normalized spacial score (nSPS) is 11.3. The highest BCUT2D eigenvalue weighted by Gasteiger charge is 2.00. The van der Waals surface area contributed by atoms with Crippen molar-refractivity contribution in [1.82, 2.24) is 20.2 Å². The second-order valence-corrected chi connectivity index (χ2v) is 4.98. The van der Waals surface area contributed by atoms with E-state index < -0.39 is 0 Å². The minimum atomic E-state index is 0.585. The lowest BCUT2D eigenvalue weighted by molar-refractivity contribution is 0.326. The van der Waals surface area contributed by atoms with Crippen molar-refractivity contribution in [1.29, 1.82) is 0 Å². The van der Waals surface area contributed by atoms with Crippen molar-refractivity contribution in [2.75, 3.05) is 19.7 Å². The zero-order chi connectivity index (χ0) is 16.3. The van der Waals surface area contributed by atoms with Crippen molar-refractivity contribution in [3.05, 3.63) is 48.4 Å². The van der Waals surface area contributed by atoms with E-state index in [0.717, 1.165) is 31.2 Å². The number of pyridine rings is 1. The number of aliphatic imine (C=N–C) groups is 1. The molecular weight excluding hydrogens is 290 g/mol. The second kappa shape index (κ2) is 9.50. The van der Waals surface area contributed by atoms with Crippen LogP contribution in [0.5, 0.6) is 5.88 Å². The molecule has 0 aliphatic carbocycles. The van der Waals surface area contributed by atoms with Crippen LogP contribution < -0.4 is 15.4 Å². The first kappa shape index (κ1) is 16.9. The van der Waals surface area contributed by atoms with Crippen LogP contribution in [-0.2, 0) is 13.1 Å². The van der Waals surface area contributed by atoms with Crippen LogP contribution in [0.3, 0.4) is 0 Å². The molecule has 0 radical (unpaired) electrons. The molecule has 0 saturated heterocycles. The van der Waals surface area contributed by atoms with Gasteiger partial charge in [0.15, 0.2) is 5.96 Å². The minimum absolute atomic E-state index is 0.585. The number of nitrogens with zero attached hydrogens (tertiary/aromatic N) is 3. The Morgan fingerprint density at radius 3 is 2.83 bits per heavy atom. The number of rotatable bonds is 8. The summed E-state index contributed by atoms with van der Waals surface area (Å²) in [5, 5.41) is 6.60. The Morgan fingerprint density at radius 1 is 1.26 bits per heavy atom. The summed E-state index contributed by atoms with van der Waals surface area (Å²) in [6.07, 6.45) is 5.86. The van der Waals surface area contributed by atoms with Gasteiger partial charge in [0.25, 0.3) is 0 Å². The number of hydrogen-bond acceptors (Lipinski definition) is 3. The lowest BCUT2D eigenvalue weighted by atomic mass is 10.3.